The van der Waals surface area contributed by atoms with Crippen LogP contribution in [0.1, 0.15) is 43.2 Å². The van der Waals surface area contributed by atoms with E-state index in [-0.39, 0.29) is 23.4 Å². The van der Waals surface area contributed by atoms with Crippen LogP contribution < -0.4 is 5.32 Å². The van der Waals surface area contributed by atoms with Crippen molar-refractivity contribution in [3.05, 3.63) is 53.5 Å². The molecule has 2 aliphatic heterocycles. The summed E-state index contributed by atoms with van der Waals surface area (Å²) in [5.74, 6) is -0.140. The van der Waals surface area contributed by atoms with Gasteiger partial charge in [-0.3, -0.25) is 9.69 Å². The van der Waals surface area contributed by atoms with E-state index in [2.05, 4.69) is 16.3 Å². The zero-order valence-corrected chi connectivity index (χ0v) is 20.1. The molecule has 2 aliphatic rings. The van der Waals surface area contributed by atoms with Crippen molar-refractivity contribution in [3.63, 3.8) is 0 Å². The van der Waals surface area contributed by atoms with Gasteiger partial charge in [0.25, 0.3) is 0 Å². The van der Waals surface area contributed by atoms with Crippen molar-refractivity contribution >= 4 is 43.2 Å². The maximum Gasteiger partial charge on any atom is 0.243 e. The van der Waals surface area contributed by atoms with E-state index in [1.54, 1.807) is 35.6 Å². The number of aromatic nitrogens is 1. The number of benzene rings is 2. The number of nitrogens with one attached hydrogen (secondary N) is 1. The van der Waals surface area contributed by atoms with Crippen LogP contribution in [0, 0.1) is 0 Å². The number of likely N-dealkylation sites (tertiary alicyclic amines) is 1. The standard InChI is InChI=1S/C24H28N4O3S2/c29-23(25-18-8-7-9-19(16-18)33(30,31)28-14-5-6-15-28)17-27-13-4-3-11-21(27)24-26-20-10-1-2-12-22(20)32-24/h1-2,7-10,12,16,21H,3-6,11,13-15,17H2,(H,25,29)/t21-/m1/s1. The van der Waals surface area contributed by atoms with Crippen molar-refractivity contribution in [2.45, 2.75) is 43.0 Å². The number of sulfonamides is 1. The number of fused-ring (bicyclic) bond motifs is 1. The molecule has 5 rings (SSSR count). The number of para-hydroxylation sites is 1. The number of rotatable bonds is 6. The Kier molecular flexibility index (Phi) is 6.47. The number of anilines is 1. The topological polar surface area (TPSA) is 82.6 Å². The number of thiazole rings is 1. The third-order valence-corrected chi connectivity index (χ3v) is 9.41. The molecule has 3 aromatic rings. The van der Waals surface area contributed by atoms with Crippen LogP contribution in [0.2, 0.25) is 0 Å². The van der Waals surface area contributed by atoms with Crippen molar-refractivity contribution in [1.29, 1.82) is 0 Å². The third-order valence-electron chi connectivity index (χ3n) is 6.38. The Bertz CT molecular complexity index is 1220. The maximum atomic E-state index is 12.9. The molecule has 174 valence electrons. The highest BCUT2D eigenvalue weighted by Crippen LogP contribution is 2.35. The predicted molar refractivity (Wildman–Crippen MR) is 131 cm³/mol. The number of hydrogen-bond acceptors (Lipinski definition) is 6. The SMILES string of the molecule is O=C(CN1CCCC[C@@H]1c1nc2ccccc2s1)Nc1cccc(S(=O)(=O)N2CCCC2)c1. The molecule has 0 spiro atoms. The lowest BCUT2D eigenvalue weighted by molar-refractivity contribution is -0.118. The zero-order valence-electron chi connectivity index (χ0n) is 18.4. The number of carbonyl (C=O) groups is 1. The molecule has 3 heterocycles. The van der Waals surface area contributed by atoms with E-state index >= 15 is 0 Å². The van der Waals surface area contributed by atoms with Crippen LogP contribution in [0.25, 0.3) is 10.2 Å². The van der Waals surface area contributed by atoms with Crippen molar-refractivity contribution in [2.75, 3.05) is 31.5 Å². The minimum atomic E-state index is -3.52. The van der Waals surface area contributed by atoms with E-state index in [0.29, 0.717) is 18.8 Å². The smallest absolute Gasteiger partial charge is 0.243 e. The summed E-state index contributed by atoms with van der Waals surface area (Å²) in [4.78, 5) is 20.2. The molecule has 0 unspecified atom stereocenters. The van der Waals surface area contributed by atoms with Crippen LogP contribution in [-0.4, -0.2) is 54.7 Å². The molecular weight excluding hydrogens is 456 g/mol. The number of amides is 1. The van der Waals surface area contributed by atoms with Crippen LogP contribution in [0.3, 0.4) is 0 Å². The number of piperidine rings is 1. The summed E-state index contributed by atoms with van der Waals surface area (Å²) in [5.41, 5.74) is 1.51. The van der Waals surface area contributed by atoms with E-state index in [0.717, 1.165) is 49.2 Å². The summed E-state index contributed by atoms with van der Waals surface area (Å²) < 4.78 is 28.4. The van der Waals surface area contributed by atoms with Gasteiger partial charge in [0.15, 0.2) is 0 Å². The summed E-state index contributed by atoms with van der Waals surface area (Å²) in [6, 6.07) is 14.8. The largest absolute Gasteiger partial charge is 0.325 e. The molecule has 2 aromatic carbocycles. The van der Waals surface area contributed by atoms with Gasteiger partial charge in [-0.25, -0.2) is 13.4 Å². The molecule has 2 saturated heterocycles. The molecule has 7 nitrogen and oxygen atoms in total. The molecule has 0 radical (unpaired) electrons. The fourth-order valence-electron chi connectivity index (χ4n) is 4.69. The summed E-state index contributed by atoms with van der Waals surface area (Å²) in [6.45, 7) is 2.21. The number of hydrogen-bond donors (Lipinski definition) is 1. The molecule has 1 atom stereocenters. The normalized spacial score (nSPS) is 20.3. The molecule has 0 bridgehead atoms. The summed E-state index contributed by atoms with van der Waals surface area (Å²) in [5, 5.41) is 3.97. The summed E-state index contributed by atoms with van der Waals surface area (Å²) in [7, 11) is -3.52. The van der Waals surface area contributed by atoms with Crippen LogP contribution in [0.15, 0.2) is 53.4 Å². The second kappa shape index (κ2) is 9.50. The predicted octanol–water partition coefficient (Wildman–Crippen LogP) is 4.25. The van der Waals surface area contributed by atoms with E-state index < -0.39 is 10.0 Å². The molecule has 0 aliphatic carbocycles. The van der Waals surface area contributed by atoms with Crippen LogP contribution >= 0.6 is 11.3 Å². The molecule has 1 aromatic heterocycles. The molecule has 1 amide bonds. The lowest BCUT2D eigenvalue weighted by atomic mass is 10.0. The minimum Gasteiger partial charge on any atom is -0.325 e. The first-order chi connectivity index (χ1) is 16.0. The Morgan fingerprint density at radius 3 is 2.64 bits per heavy atom. The zero-order chi connectivity index (χ0) is 22.8. The first-order valence-electron chi connectivity index (χ1n) is 11.5. The van der Waals surface area contributed by atoms with Crippen molar-refractivity contribution in [2.24, 2.45) is 0 Å². The lowest BCUT2D eigenvalue weighted by Crippen LogP contribution is -2.39. The van der Waals surface area contributed by atoms with Crippen molar-refractivity contribution in [3.8, 4) is 0 Å². The second-order valence-electron chi connectivity index (χ2n) is 8.69. The Balaban J connectivity index is 1.29. The fraction of sp³-hybridized carbons (Fsp3) is 0.417. The Labute approximate surface area is 198 Å². The maximum absolute atomic E-state index is 12.9. The average Bonchev–Trinajstić information content (AvgIpc) is 3.50. The minimum absolute atomic E-state index is 0.128. The Hall–Kier alpha value is -2.33. The highest BCUT2D eigenvalue weighted by atomic mass is 32.2. The van der Waals surface area contributed by atoms with E-state index in [4.69, 9.17) is 4.98 Å². The molecule has 9 heteroatoms. The first kappa shape index (κ1) is 22.5. The van der Waals surface area contributed by atoms with Crippen molar-refractivity contribution < 1.29 is 13.2 Å². The third kappa shape index (κ3) is 4.82. The summed E-state index contributed by atoms with van der Waals surface area (Å²) >= 11 is 1.70. The molecule has 2 fully saturated rings. The van der Waals surface area contributed by atoms with E-state index in [1.807, 2.05) is 18.2 Å². The Morgan fingerprint density at radius 1 is 1.03 bits per heavy atom. The van der Waals surface area contributed by atoms with Gasteiger partial charge in [0.05, 0.1) is 27.7 Å². The summed E-state index contributed by atoms with van der Waals surface area (Å²) in [6.07, 6.45) is 4.94. The van der Waals surface area contributed by atoms with Gasteiger partial charge < -0.3 is 5.32 Å². The molecule has 33 heavy (non-hydrogen) atoms. The van der Waals surface area contributed by atoms with E-state index in [9.17, 15) is 13.2 Å². The number of carbonyl (C=O) groups excluding carboxylic acids is 1. The van der Waals surface area contributed by atoms with Gasteiger partial charge in [0.2, 0.25) is 15.9 Å². The molecule has 0 saturated carbocycles. The van der Waals surface area contributed by atoms with Crippen LogP contribution in [0.5, 0.6) is 0 Å². The Morgan fingerprint density at radius 2 is 1.82 bits per heavy atom. The lowest BCUT2D eigenvalue weighted by Gasteiger charge is -2.33. The second-order valence-corrected chi connectivity index (χ2v) is 11.7. The van der Waals surface area contributed by atoms with E-state index in [1.165, 1.54) is 9.01 Å². The van der Waals surface area contributed by atoms with Gasteiger partial charge in [-0.2, -0.15) is 4.31 Å². The van der Waals surface area contributed by atoms with Gasteiger partial charge >= 0.3 is 0 Å². The number of nitrogens with zero attached hydrogens (tertiary/aromatic N) is 3. The van der Waals surface area contributed by atoms with Crippen molar-refractivity contribution in [1.82, 2.24) is 14.2 Å². The highest BCUT2D eigenvalue weighted by molar-refractivity contribution is 7.89. The molecule has 1 N–H and O–H groups in total. The molecular formula is C24H28N4O3S2. The van der Waals surface area contributed by atoms with Crippen LogP contribution in [-0.2, 0) is 14.8 Å². The van der Waals surface area contributed by atoms with Gasteiger partial charge in [-0.15, -0.1) is 11.3 Å². The van der Waals surface area contributed by atoms with Gasteiger partial charge in [0.1, 0.15) is 5.01 Å². The van der Waals surface area contributed by atoms with Gasteiger partial charge in [-0.05, 0) is 62.6 Å². The van der Waals surface area contributed by atoms with Gasteiger partial charge in [-0.1, -0.05) is 24.6 Å². The quantitative estimate of drug-likeness (QED) is 0.566. The van der Waals surface area contributed by atoms with Crippen LogP contribution in [0.4, 0.5) is 5.69 Å². The fourth-order valence-corrected chi connectivity index (χ4v) is 7.39. The first-order valence-corrected chi connectivity index (χ1v) is 13.8. The average molecular weight is 485 g/mol. The monoisotopic (exact) mass is 484 g/mol. The van der Waals surface area contributed by atoms with Gasteiger partial charge in [0, 0.05) is 18.8 Å². The highest BCUT2D eigenvalue weighted by Gasteiger charge is 2.29.